The van der Waals surface area contributed by atoms with Gasteiger partial charge >= 0.3 is 0 Å². The molecule has 0 aliphatic heterocycles. The normalized spacial score (nSPS) is 12.3. The first kappa shape index (κ1) is 35.0. The second-order valence-corrected chi connectivity index (χ2v) is 17.9. The second kappa shape index (κ2) is 13.0. The van der Waals surface area contributed by atoms with Crippen molar-refractivity contribution in [2.45, 2.75) is 0 Å². The van der Waals surface area contributed by atoms with Crippen molar-refractivity contribution >= 4 is 119 Å². The van der Waals surface area contributed by atoms with Gasteiger partial charge in [0.05, 0.1) is 0 Å². The lowest BCUT2D eigenvalue weighted by Gasteiger charge is -2.20. The molecular formula is C64H36O. The van der Waals surface area contributed by atoms with Crippen LogP contribution in [-0.2, 0) is 0 Å². The van der Waals surface area contributed by atoms with E-state index in [0.717, 1.165) is 21.9 Å². The van der Waals surface area contributed by atoms with E-state index in [1.165, 1.54) is 130 Å². The van der Waals surface area contributed by atoms with E-state index in [0.29, 0.717) is 0 Å². The summed E-state index contributed by atoms with van der Waals surface area (Å²) in [5.41, 5.74) is 9.26. The van der Waals surface area contributed by atoms with Gasteiger partial charge < -0.3 is 4.42 Å². The number of rotatable bonds is 3. The predicted molar refractivity (Wildman–Crippen MR) is 279 cm³/mol. The molecule has 298 valence electrons. The molecule has 0 atom stereocenters. The molecule has 1 nitrogen and oxygen atoms in total. The first-order valence-corrected chi connectivity index (χ1v) is 22.6. The minimum Gasteiger partial charge on any atom is -0.456 e. The Labute approximate surface area is 373 Å². The fourth-order valence-corrected chi connectivity index (χ4v) is 11.6. The number of furan rings is 1. The first-order chi connectivity index (χ1) is 32.2. The van der Waals surface area contributed by atoms with Gasteiger partial charge in [0.25, 0.3) is 0 Å². The Morgan fingerprint density at radius 1 is 0.215 bits per heavy atom. The Morgan fingerprint density at radius 3 is 1.43 bits per heavy atom. The summed E-state index contributed by atoms with van der Waals surface area (Å²) in [6.45, 7) is 0. The van der Waals surface area contributed by atoms with E-state index in [-0.39, 0.29) is 0 Å². The van der Waals surface area contributed by atoms with Crippen molar-refractivity contribution in [2.75, 3.05) is 0 Å². The molecule has 15 aromatic rings. The van der Waals surface area contributed by atoms with E-state index in [1.807, 2.05) is 0 Å². The highest BCUT2D eigenvalue weighted by Gasteiger charge is 2.21. The lowest BCUT2D eigenvalue weighted by molar-refractivity contribution is 0.670. The Kier molecular flexibility index (Phi) is 7.01. The third-order valence-corrected chi connectivity index (χ3v) is 14.5. The van der Waals surface area contributed by atoms with Gasteiger partial charge in [-0.05, 0) is 167 Å². The van der Waals surface area contributed by atoms with Crippen LogP contribution in [-0.4, -0.2) is 0 Å². The summed E-state index contributed by atoms with van der Waals surface area (Å²) in [6, 6.07) is 81.3. The van der Waals surface area contributed by atoms with Gasteiger partial charge in [0, 0.05) is 10.8 Å². The molecular weight excluding hydrogens is 785 g/mol. The Bertz CT molecular complexity index is 4460. The van der Waals surface area contributed by atoms with Crippen LogP contribution in [0.5, 0.6) is 0 Å². The summed E-state index contributed by atoms with van der Waals surface area (Å²) in [5.74, 6) is 0. The minimum atomic E-state index is 0.917. The zero-order valence-corrected chi connectivity index (χ0v) is 35.2. The van der Waals surface area contributed by atoms with Crippen molar-refractivity contribution in [3.8, 4) is 33.4 Å². The third kappa shape index (κ3) is 4.93. The Morgan fingerprint density at radius 2 is 0.692 bits per heavy atom. The van der Waals surface area contributed by atoms with Gasteiger partial charge in [-0.2, -0.15) is 0 Å². The van der Waals surface area contributed by atoms with Crippen LogP contribution in [0.3, 0.4) is 0 Å². The maximum atomic E-state index is 6.61. The maximum Gasteiger partial charge on any atom is 0.136 e. The van der Waals surface area contributed by atoms with Crippen LogP contribution in [0.1, 0.15) is 0 Å². The van der Waals surface area contributed by atoms with Gasteiger partial charge in [0.2, 0.25) is 0 Å². The van der Waals surface area contributed by atoms with E-state index < -0.39 is 0 Å². The van der Waals surface area contributed by atoms with Gasteiger partial charge in [-0.25, -0.2) is 0 Å². The summed E-state index contributed by atoms with van der Waals surface area (Å²) in [7, 11) is 0. The molecule has 0 saturated carbocycles. The number of hydrogen-bond donors (Lipinski definition) is 0. The van der Waals surface area contributed by atoms with Crippen LogP contribution in [0.4, 0.5) is 0 Å². The van der Waals surface area contributed by atoms with Crippen molar-refractivity contribution in [1.29, 1.82) is 0 Å². The molecule has 15 rings (SSSR count). The van der Waals surface area contributed by atoms with Crippen molar-refractivity contribution in [3.63, 3.8) is 0 Å². The van der Waals surface area contributed by atoms with Crippen LogP contribution in [0.15, 0.2) is 223 Å². The molecule has 14 aromatic carbocycles. The summed E-state index contributed by atoms with van der Waals surface area (Å²) in [5, 5.41) is 25.0. The number of benzene rings is 14. The lowest BCUT2D eigenvalue weighted by atomic mass is 9.83. The van der Waals surface area contributed by atoms with E-state index >= 15 is 0 Å². The van der Waals surface area contributed by atoms with Gasteiger partial charge in [0.1, 0.15) is 11.2 Å². The predicted octanol–water partition coefficient (Wildman–Crippen LogP) is 18.4. The highest BCUT2D eigenvalue weighted by molar-refractivity contribution is 6.31. The minimum absolute atomic E-state index is 0.917. The molecule has 0 unspecified atom stereocenters. The second-order valence-electron chi connectivity index (χ2n) is 17.9. The molecule has 0 N–H and O–H groups in total. The zero-order chi connectivity index (χ0) is 42.3. The highest BCUT2D eigenvalue weighted by atomic mass is 16.3. The molecule has 0 spiro atoms. The Hall–Kier alpha value is -8.52. The van der Waals surface area contributed by atoms with Crippen LogP contribution >= 0.6 is 0 Å². The summed E-state index contributed by atoms with van der Waals surface area (Å²) >= 11 is 0. The lowest BCUT2D eigenvalue weighted by Crippen LogP contribution is -1.93. The van der Waals surface area contributed by atoms with Crippen molar-refractivity contribution < 1.29 is 4.42 Å². The number of fused-ring (bicyclic) bond motifs is 12. The van der Waals surface area contributed by atoms with Crippen molar-refractivity contribution in [1.82, 2.24) is 0 Å². The SMILES string of the molecule is c1cc(-c2ccc3c(c2)c2ccccc2c2cc4c(cc32)oc2cc3ccccc3cc24)cc(-c2c3ccccc3c(-c3ccc4ccc5cccc6ccc3c4c56)c3ccccc23)c1. The van der Waals surface area contributed by atoms with Gasteiger partial charge in [-0.3, -0.25) is 0 Å². The van der Waals surface area contributed by atoms with Crippen molar-refractivity contribution in [2.24, 2.45) is 0 Å². The van der Waals surface area contributed by atoms with Gasteiger partial charge in [0.15, 0.2) is 0 Å². The smallest absolute Gasteiger partial charge is 0.136 e. The number of hydrogen-bond acceptors (Lipinski definition) is 1. The van der Waals surface area contributed by atoms with Gasteiger partial charge in [-0.1, -0.05) is 182 Å². The molecule has 0 saturated heterocycles. The van der Waals surface area contributed by atoms with Crippen LogP contribution in [0, 0.1) is 0 Å². The molecule has 0 bridgehead atoms. The van der Waals surface area contributed by atoms with E-state index in [2.05, 4.69) is 218 Å². The molecule has 0 fully saturated rings. The monoisotopic (exact) mass is 820 g/mol. The van der Waals surface area contributed by atoms with E-state index in [4.69, 9.17) is 4.42 Å². The summed E-state index contributed by atoms with van der Waals surface area (Å²) in [6.07, 6.45) is 0. The molecule has 1 aromatic heterocycles. The van der Waals surface area contributed by atoms with E-state index in [1.54, 1.807) is 0 Å². The van der Waals surface area contributed by atoms with Crippen LogP contribution in [0.25, 0.3) is 152 Å². The average molecular weight is 821 g/mol. The fraction of sp³-hybridized carbons (Fsp3) is 0. The zero-order valence-electron chi connectivity index (χ0n) is 35.2. The third-order valence-electron chi connectivity index (χ3n) is 14.5. The first-order valence-electron chi connectivity index (χ1n) is 22.6. The highest BCUT2D eigenvalue weighted by Crippen LogP contribution is 2.48. The molecule has 0 radical (unpaired) electrons. The molecule has 1 heteroatoms. The molecule has 0 amide bonds. The Balaban J connectivity index is 0.927. The molecule has 1 heterocycles. The van der Waals surface area contributed by atoms with Gasteiger partial charge in [-0.15, -0.1) is 0 Å². The van der Waals surface area contributed by atoms with Crippen LogP contribution in [0.2, 0.25) is 0 Å². The average Bonchev–Trinajstić information content (AvgIpc) is 3.72. The molecule has 0 aliphatic carbocycles. The van der Waals surface area contributed by atoms with Crippen LogP contribution < -0.4 is 0 Å². The molecule has 0 aliphatic rings. The summed E-state index contributed by atoms with van der Waals surface area (Å²) in [4.78, 5) is 0. The topological polar surface area (TPSA) is 13.1 Å². The van der Waals surface area contributed by atoms with E-state index in [9.17, 15) is 0 Å². The fourth-order valence-electron chi connectivity index (χ4n) is 11.6. The summed E-state index contributed by atoms with van der Waals surface area (Å²) < 4.78 is 6.61. The largest absolute Gasteiger partial charge is 0.456 e. The molecule has 65 heavy (non-hydrogen) atoms. The van der Waals surface area contributed by atoms with Crippen molar-refractivity contribution in [3.05, 3.63) is 218 Å². The standard InChI is InChI=1S/C64H36O/c1-2-12-42-34-59-57(33-41(42)11-1)58-35-55-46-18-4-3-17-45(46)54-32-43(27-28-47(54)56(55)36-60(58)65-59)40-15-10-16-44(31-40)62-48-19-5-7-21-50(48)64(51-22-8-6-20-49(51)62)53-30-26-39-24-23-37-13-9-14-38-25-29-52(53)63(39)61(37)38/h1-36H. The quantitative estimate of drug-likeness (QED) is 0.128. The maximum absolute atomic E-state index is 6.61.